The highest BCUT2D eigenvalue weighted by molar-refractivity contribution is 7.92. The van der Waals surface area contributed by atoms with Crippen molar-refractivity contribution in [2.45, 2.75) is 59.5 Å². The number of hydrogen-bond donors (Lipinski definition) is 1. The van der Waals surface area contributed by atoms with Crippen LogP contribution in [0.15, 0.2) is 53.4 Å². The number of carbonyl (C=O) groups excluding carboxylic acids is 2. The van der Waals surface area contributed by atoms with Crippen molar-refractivity contribution in [1.82, 2.24) is 10.2 Å². The van der Waals surface area contributed by atoms with Gasteiger partial charge in [-0.05, 0) is 43.4 Å². The average molecular weight is 640 g/mol. The number of hydrogen-bond acceptors (Lipinski definition) is 7. The van der Waals surface area contributed by atoms with Gasteiger partial charge in [0.1, 0.15) is 17.3 Å². The van der Waals surface area contributed by atoms with Crippen molar-refractivity contribution in [1.29, 1.82) is 5.26 Å². The van der Waals surface area contributed by atoms with Crippen molar-refractivity contribution in [3.8, 4) is 11.8 Å². The molecule has 9 nitrogen and oxygen atoms in total. The summed E-state index contributed by atoms with van der Waals surface area (Å²) in [7, 11) is -4.27. The summed E-state index contributed by atoms with van der Waals surface area (Å²) in [5, 5.41) is 10.6. The summed E-state index contributed by atoms with van der Waals surface area (Å²) in [6.07, 6.45) is -3.57. The molecule has 2 aliphatic heterocycles. The fourth-order valence-electron chi connectivity index (χ4n) is 5.65. The Morgan fingerprint density at radius 3 is 2.53 bits per heavy atom. The third-order valence-electron chi connectivity index (χ3n) is 8.13. The molecule has 230 valence electrons. The average Bonchev–Trinajstić information content (AvgIpc) is 3.60. The van der Waals surface area contributed by atoms with Crippen molar-refractivity contribution in [3.05, 3.63) is 59.1 Å². The Balaban J connectivity index is 1.42. The first-order valence-corrected chi connectivity index (χ1v) is 15.7. The third-order valence-corrected chi connectivity index (χ3v) is 10.7. The van der Waals surface area contributed by atoms with E-state index >= 15 is 0 Å². The highest BCUT2D eigenvalue weighted by atomic mass is 35.5. The molecule has 0 spiro atoms. The maximum atomic E-state index is 14.1. The number of ether oxygens (including phenoxy) is 2. The Labute approximate surface area is 251 Å². The predicted molar refractivity (Wildman–Crippen MR) is 148 cm³/mol. The summed E-state index contributed by atoms with van der Waals surface area (Å²) >= 11 is 6.21. The van der Waals surface area contributed by atoms with E-state index in [0.29, 0.717) is 25.9 Å². The quantitative estimate of drug-likeness (QED) is 0.463. The van der Waals surface area contributed by atoms with E-state index in [1.165, 1.54) is 4.90 Å². The van der Waals surface area contributed by atoms with Gasteiger partial charge in [-0.25, -0.2) is 8.42 Å². The fourth-order valence-corrected chi connectivity index (χ4v) is 7.88. The number of amides is 2. The monoisotopic (exact) mass is 639 g/mol. The number of nitrogens with zero attached hydrogens (tertiary/aromatic N) is 2. The van der Waals surface area contributed by atoms with Gasteiger partial charge in [-0.3, -0.25) is 9.59 Å². The maximum absolute atomic E-state index is 14.1. The molecule has 5 rings (SSSR count). The molecule has 2 aromatic carbocycles. The van der Waals surface area contributed by atoms with Crippen LogP contribution in [0, 0.1) is 17.2 Å². The summed E-state index contributed by atoms with van der Waals surface area (Å²) in [6.45, 7) is -1.28. The van der Waals surface area contributed by atoms with Gasteiger partial charge < -0.3 is 19.7 Å². The lowest BCUT2D eigenvalue weighted by atomic mass is 9.82. The van der Waals surface area contributed by atoms with Gasteiger partial charge in [0.05, 0.1) is 27.8 Å². The molecule has 14 heteroatoms. The predicted octanol–water partition coefficient (Wildman–Crippen LogP) is 4.02. The molecule has 3 aliphatic rings. The number of likely N-dealkylation sites (tertiary alicyclic amines) is 1. The number of benzene rings is 2. The molecule has 2 unspecified atom stereocenters. The van der Waals surface area contributed by atoms with Gasteiger partial charge >= 0.3 is 6.18 Å². The van der Waals surface area contributed by atoms with Crippen LogP contribution < -0.4 is 10.1 Å². The molecular formula is C29H29ClF3N3O6S. The standard InChI is InChI=1S/C29H29ClF3N3O6S/c30-23-12-19(42-17-29(31,32)33)6-7-25(23)43(39,40)20-13-24(26(37)35-28(16-34)9-10-28)36(14-20)27(38)21-8-11-41-15-22(21)18-4-2-1-3-5-18/h1-7,12,20-22,24H,8-11,13-15,17H2,(H,35,37)/t20-,21?,22?,24+/m1/s1. The number of rotatable bonds is 8. The largest absolute Gasteiger partial charge is 0.484 e. The van der Waals surface area contributed by atoms with Crippen molar-refractivity contribution < 1.29 is 40.7 Å². The van der Waals surface area contributed by atoms with Gasteiger partial charge in [-0.2, -0.15) is 18.4 Å². The molecule has 1 N–H and O–H groups in total. The van der Waals surface area contributed by atoms with Crippen LogP contribution in [0.4, 0.5) is 13.2 Å². The minimum atomic E-state index is -4.60. The Morgan fingerprint density at radius 2 is 1.91 bits per heavy atom. The van der Waals surface area contributed by atoms with Crippen LogP contribution >= 0.6 is 11.6 Å². The summed E-state index contributed by atoms with van der Waals surface area (Å²) in [4.78, 5) is 28.5. The fraction of sp³-hybridized carbons (Fsp3) is 0.483. The number of sulfone groups is 1. The lowest BCUT2D eigenvalue weighted by Crippen LogP contribution is -2.52. The van der Waals surface area contributed by atoms with Crippen molar-refractivity contribution >= 4 is 33.3 Å². The summed E-state index contributed by atoms with van der Waals surface area (Å²) < 4.78 is 75.6. The molecule has 1 saturated carbocycles. The Hall–Kier alpha value is -3.34. The van der Waals surface area contributed by atoms with Crippen LogP contribution in [-0.2, 0) is 24.2 Å². The minimum absolute atomic E-state index is 0.247. The Kier molecular flexibility index (Phi) is 8.66. The van der Waals surface area contributed by atoms with Crippen LogP contribution in [0.3, 0.4) is 0 Å². The lowest BCUT2D eigenvalue weighted by Gasteiger charge is -2.35. The van der Waals surface area contributed by atoms with Crippen LogP contribution in [-0.4, -0.2) is 74.5 Å². The molecular weight excluding hydrogens is 611 g/mol. The van der Waals surface area contributed by atoms with E-state index in [-0.39, 0.29) is 47.1 Å². The van der Waals surface area contributed by atoms with Crippen LogP contribution in [0.1, 0.15) is 37.2 Å². The Morgan fingerprint density at radius 1 is 1.19 bits per heavy atom. The molecule has 43 heavy (non-hydrogen) atoms. The number of nitrogens with one attached hydrogen (secondary N) is 1. The van der Waals surface area contributed by atoms with Crippen LogP contribution in [0.25, 0.3) is 0 Å². The zero-order chi connectivity index (χ0) is 31.0. The van der Waals surface area contributed by atoms with E-state index in [4.69, 9.17) is 16.3 Å². The van der Waals surface area contributed by atoms with E-state index in [2.05, 4.69) is 16.1 Å². The highest BCUT2D eigenvalue weighted by Gasteiger charge is 2.52. The number of carbonyl (C=O) groups is 2. The van der Waals surface area contributed by atoms with Gasteiger partial charge in [-0.15, -0.1) is 0 Å². The molecule has 3 fully saturated rings. The van der Waals surface area contributed by atoms with Crippen molar-refractivity contribution in [3.63, 3.8) is 0 Å². The van der Waals surface area contributed by atoms with Crippen molar-refractivity contribution in [2.75, 3.05) is 26.4 Å². The first kappa shape index (κ1) is 31.1. The van der Waals surface area contributed by atoms with Crippen molar-refractivity contribution in [2.24, 2.45) is 5.92 Å². The molecule has 4 atom stereocenters. The number of halogens is 4. The highest BCUT2D eigenvalue weighted by Crippen LogP contribution is 2.39. The molecule has 2 saturated heterocycles. The number of alkyl halides is 3. The zero-order valence-corrected chi connectivity index (χ0v) is 24.4. The topological polar surface area (TPSA) is 126 Å². The molecule has 2 amide bonds. The smallest absolute Gasteiger partial charge is 0.422 e. The van der Waals surface area contributed by atoms with E-state index in [0.717, 1.165) is 23.8 Å². The first-order chi connectivity index (χ1) is 20.3. The van der Waals surface area contributed by atoms with E-state index in [1.807, 2.05) is 30.3 Å². The van der Waals surface area contributed by atoms with Gasteiger partial charge in [0.15, 0.2) is 16.4 Å². The van der Waals surface area contributed by atoms with Crippen LogP contribution in [0.5, 0.6) is 5.75 Å². The second-order valence-electron chi connectivity index (χ2n) is 11.1. The maximum Gasteiger partial charge on any atom is 0.422 e. The normalized spacial score (nSPS) is 25.0. The van der Waals surface area contributed by atoms with Gasteiger partial charge in [-0.1, -0.05) is 41.9 Å². The van der Waals surface area contributed by atoms with Gasteiger partial charge in [0.2, 0.25) is 11.8 Å². The summed E-state index contributed by atoms with van der Waals surface area (Å²) in [5.74, 6) is -2.16. The van der Waals surface area contributed by atoms with E-state index in [9.17, 15) is 36.4 Å². The lowest BCUT2D eigenvalue weighted by molar-refractivity contribution is -0.153. The molecule has 2 aromatic rings. The van der Waals surface area contributed by atoms with E-state index < -0.39 is 51.3 Å². The second-order valence-corrected chi connectivity index (χ2v) is 13.7. The van der Waals surface area contributed by atoms with Gasteiger partial charge in [0.25, 0.3) is 0 Å². The minimum Gasteiger partial charge on any atom is -0.484 e. The Bertz CT molecular complexity index is 1530. The first-order valence-electron chi connectivity index (χ1n) is 13.7. The summed E-state index contributed by atoms with van der Waals surface area (Å²) in [5.41, 5.74) is -0.158. The molecule has 2 heterocycles. The molecule has 0 bridgehead atoms. The third kappa shape index (κ3) is 6.76. The molecule has 0 radical (unpaired) electrons. The van der Waals surface area contributed by atoms with E-state index in [1.54, 1.807) is 0 Å². The second kappa shape index (κ2) is 12.0. The summed E-state index contributed by atoms with van der Waals surface area (Å²) in [6, 6.07) is 13.3. The zero-order valence-electron chi connectivity index (χ0n) is 22.8. The molecule has 1 aliphatic carbocycles. The van der Waals surface area contributed by atoms with Crippen LogP contribution in [0.2, 0.25) is 5.02 Å². The SMILES string of the molecule is N#CC1(NC(=O)[C@@H]2C[C@@H](S(=O)(=O)c3ccc(OCC(F)(F)F)cc3Cl)CN2C(=O)C2CCOCC2c2ccccc2)CC1. The number of nitriles is 1. The van der Waals surface area contributed by atoms with Gasteiger partial charge in [0, 0.05) is 31.1 Å². The molecule has 0 aromatic heterocycles.